The summed E-state index contributed by atoms with van der Waals surface area (Å²) in [5, 5.41) is 7.16. The predicted molar refractivity (Wildman–Crippen MR) is 97.9 cm³/mol. The lowest BCUT2D eigenvalue weighted by Crippen LogP contribution is -2.44. The lowest BCUT2D eigenvalue weighted by Gasteiger charge is -2.26. The van der Waals surface area contributed by atoms with Gasteiger partial charge < -0.3 is 22.1 Å². The summed E-state index contributed by atoms with van der Waals surface area (Å²) in [5.74, 6) is -0.373. The first kappa shape index (κ1) is 16.8. The third-order valence-corrected chi connectivity index (χ3v) is 5.07. The number of nitrogens with zero attached hydrogens (tertiary/aromatic N) is 2. The van der Waals surface area contributed by atoms with Crippen molar-refractivity contribution < 1.29 is 4.79 Å². The van der Waals surface area contributed by atoms with Crippen LogP contribution in [0, 0.1) is 0 Å². The van der Waals surface area contributed by atoms with E-state index in [2.05, 4.69) is 20.5 Å². The third kappa shape index (κ3) is 3.89. The minimum atomic E-state index is -0.568. The largest absolute Gasteiger partial charge is 0.383 e. The average Bonchev–Trinajstić information content (AvgIpc) is 2.98. The number of anilines is 1. The van der Waals surface area contributed by atoms with Gasteiger partial charge in [0.15, 0.2) is 0 Å². The maximum Gasteiger partial charge on any atom is 0.255 e. The molecule has 0 aliphatic carbocycles. The topological polar surface area (TPSA) is 109 Å². The van der Waals surface area contributed by atoms with Crippen molar-refractivity contribution in [3.05, 3.63) is 34.9 Å². The number of primary amides is 1. The van der Waals surface area contributed by atoms with E-state index in [0.29, 0.717) is 11.6 Å². The van der Waals surface area contributed by atoms with E-state index in [4.69, 9.17) is 11.5 Å². The van der Waals surface area contributed by atoms with Crippen molar-refractivity contribution in [3.63, 3.8) is 0 Å². The fourth-order valence-electron chi connectivity index (χ4n) is 2.71. The van der Waals surface area contributed by atoms with E-state index in [1.165, 1.54) is 11.8 Å². The van der Waals surface area contributed by atoms with Crippen LogP contribution in [0.3, 0.4) is 0 Å². The minimum Gasteiger partial charge on any atom is -0.383 e. The molecule has 0 bridgehead atoms. The number of rotatable bonds is 5. The maximum atomic E-state index is 11.9. The molecule has 0 unspecified atom stereocenters. The molecular weight excluding hydrogens is 324 g/mol. The van der Waals surface area contributed by atoms with Crippen LogP contribution in [0.2, 0.25) is 0 Å². The highest BCUT2D eigenvalue weighted by atomic mass is 32.2. The molecule has 3 rings (SSSR count). The maximum absolute atomic E-state index is 11.9. The first-order chi connectivity index (χ1) is 11.6. The van der Waals surface area contributed by atoms with Crippen molar-refractivity contribution in [1.29, 1.82) is 0 Å². The molecule has 2 heterocycles. The van der Waals surface area contributed by atoms with E-state index >= 15 is 0 Å². The van der Waals surface area contributed by atoms with E-state index in [9.17, 15) is 4.79 Å². The normalized spacial score (nSPS) is 20.4. The summed E-state index contributed by atoms with van der Waals surface area (Å²) in [5.41, 5.74) is 12.8. The molecule has 1 saturated heterocycles. The van der Waals surface area contributed by atoms with Gasteiger partial charge in [0.25, 0.3) is 5.91 Å². The molecule has 8 heteroatoms. The minimum absolute atomic E-state index is 0.195. The molecule has 1 amide bonds. The van der Waals surface area contributed by atoms with Gasteiger partial charge in [-0.3, -0.25) is 14.7 Å². The van der Waals surface area contributed by atoms with Crippen LogP contribution in [0.15, 0.2) is 44.8 Å². The molecular formula is C16H22N6OS. The fourth-order valence-corrected chi connectivity index (χ4v) is 3.77. The summed E-state index contributed by atoms with van der Waals surface area (Å²) in [6.07, 6.45) is 0. The number of amidine groups is 1. The lowest BCUT2D eigenvalue weighted by atomic mass is 10.2. The Morgan fingerprint density at radius 3 is 2.71 bits per heavy atom. The second-order valence-corrected chi connectivity index (χ2v) is 6.70. The molecule has 0 aromatic heterocycles. The second kappa shape index (κ2) is 7.69. The number of fused-ring (bicyclic) bond motifs is 1. The molecule has 6 N–H and O–H groups in total. The molecule has 24 heavy (non-hydrogen) atoms. The molecule has 128 valence electrons. The van der Waals surface area contributed by atoms with Gasteiger partial charge in [0.05, 0.1) is 17.3 Å². The summed E-state index contributed by atoms with van der Waals surface area (Å²) in [4.78, 5) is 19.6. The standard InChI is InChI=1S/C16H22N6OS/c17-14(20-7-10-22-8-5-19-6-9-22)13(15(18)23)16-21-11-3-1-2-4-12(11)24-16/h1-4,19,21H,5-10H2,(H2,17,20)(H2,18,23). The Hall–Kier alpha value is -2.03. The zero-order valence-corrected chi connectivity index (χ0v) is 14.2. The highest BCUT2D eigenvalue weighted by Crippen LogP contribution is 2.41. The number of hydrogen-bond acceptors (Lipinski definition) is 6. The molecule has 7 nitrogen and oxygen atoms in total. The van der Waals surface area contributed by atoms with Gasteiger partial charge in [0, 0.05) is 37.6 Å². The van der Waals surface area contributed by atoms with E-state index in [0.717, 1.165) is 43.3 Å². The van der Waals surface area contributed by atoms with E-state index in [1.54, 1.807) is 0 Å². The summed E-state index contributed by atoms with van der Waals surface area (Å²) in [6.45, 7) is 5.37. The molecule has 1 aromatic rings. The Morgan fingerprint density at radius 1 is 1.25 bits per heavy atom. The van der Waals surface area contributed by atoms with Crippen molar-refractivity contribution in [2.24, 2.45) is 16.5 Å². The monoisotopic (exact) mass is 346 g/mol. The first-order valence-electron chi connectivity index (χ1n) is 7.96. The molecule has 0 saturated carbocycles. The van der Waals surface area contributed by atoms with E-state index in [-0.39, 0.29) is 11.4 Å². The van der Waals surface area contributed by atoms with Crippen LogP contribution < -0.4 is 22.1 Å². The number of carbonyl (C=O) groups excluding carboxylic acids is 1. The summed E-state index contributed by atoms with van der Waals surface area (Å²) >= 11 is 1.45. The first-order valence-corrected chi connectivity index (χ1v) is 8.78. The average molecular weight is 346 g/mol. The van der Waals surface area contributed by atoms with Gasteiger partial charge in [0.2, 0.25) is 0 Å². The number of piperazine rings is 1. The third-order valence-electron chi connectivity index (χ3n) is 3.98. The van der Waals surface area contributed by atoms with Crippen LogP contribution in [-0.4, -0.2) is 55.9 Å². The number of para-hydroxylation sites is 1. The Labute approximate surface area is 145 Å². The van der Waals surface area contributed by atoms with Crippen molar-refractivity contribution in [2.75, 3.05) is 44.6 Å². The van der Waals surface area contributed by atoms with Crippen LogP contribution in [0.4, 0.5) is 5.69 Å². The number of amides is 1. The van der Waals surface area contributed by atoms with Gasteiger partial charge in [-0.05, 0) is 12.1 Å². The highest BCUT2D eigenvalue weighted by molar-refractivity contribution is 8.03. The Bertz CT molecular complexity index is 654. The van der Waals surface area contributed by atoms with Crippen LogP contribution in [0.25, 0.3) is 0 Å². The van der Waals surface area contributed by atoms with Gasteiger partial charge in [0.1, 0.15) is 11.4 Å². The Morgan fingerprint density at radius 2 is 2.00 bits per heavy atom. The number of benzene rings is 1. The van der Waals surface area contributed by atoms with Gasteiger partial charge in [-0.15, -0.1) is 0 Å². The van der Waals surface area contributed by atoms with Crippen molar-refractivity contribution in [3.8, 4) is 0 Å². The molecule has 1 aromatic carbocycles. The van der Waals surface area contributed by atoms with Gasteiger partial charge in [-0.25, -0.2) is 0 Å². The van der Waals surface area contributed by atoms with E-state index < -0.39 is 5.91 Å². The SMILES string of the molecule is NC(=O)C(C(N)=NCCN1CCNCC1)=C1Nc2ccccc2S1. The van der Waals surface area contributed by atoms with Crippen molar-refractivity contribution >= 4 is 29.2 Å². The summed E-state index contributed by atoms with van der Waals surface area (Å²) < 4.78 is 0. The van der Waals surface area contributed by atoms with Crippen LogP contribution >= 0.6 is 11.8 Å². The quantitative estimate of drug-likeness (QED) is 0.344. The molecule has 0 atom stereocenters. The number of nitrogens with one attached hydrogen (secondary N) is 2. The predicted octanol–water partition coefficient (Wildman–Crippen LogP) is 0.164. The van der Waals surface area contributed by atoms with Gasteiger partial charge in [-0.2, -0.15) is 0 Å². The van der Waals surface area contributed by atoms with Crippen LogP contribution in [0.1, 0.15) is 0 Å². The second-order valence-electron chi connectivity index (χ2n) is 5.65. The van der Waals surface area contributed by atoms with Crippen LogP contribution in [0.5, 0.6) is 0 Å². The molecule has 2 aliphatic rings. The number of thioether (sulfide) groups is 1. The zero-order valence-electron chi connectivity index (χ0n) is 13.4. The lowest BCUT2D eigenvalue weighted by molar-refractivity contribution is -0.114. The van der Waals surface area contributed by atoms with Crippen molar-refractivity contribution in [2.45, 2.75) is 4.90 Å². The fraction of sp³-hybridized carbons (Fsp3) is 0.375. The van der Waals surface area contributed by atoms with Gasteiger partial charge >= 0.3 is 0 Å². The number of aliphatic imine (C=N–C) groups is 1. The van der Waals surface area contributed by atoms with E-state index in [1.807, 2.05) is 24.3 Å². The molecule has 1 fully saturated rings. The molecule has 0 spiro atoms. The number of carbonyl (C=O) groups is 1. The number of hydrogen-bond donors (Lipinski definition) is 4. The smallest absolute Gasteiger partial charge is 0.255 e. The van der Waals surface area contributed by atoms with Crippen LogP contribution in [-0.2, 0) is 4.79 Å². The zero-order chi connectivity index (χ0) is 16.9. The Kier molecular flexibility index (Phi) is 5.39. The molecule has 0 radical (unpaired) electrons. The highest BCUT2D eigenvalue weighted by Gasteiger charge is 2.24. The summed E-state index contributed by atoms with van der Waals surface area (Å²) in [6, 6.07) is 7.82. The molecule has 2 aliphatic heterocycles. The van der Waals surface area contributed by atoms with Gasteiger partial charge in [-0.1, -0.05) is 23.9 Å². The summed E-state index contributed by atoms with van der Waals surface area (Å²) in [7, 11) is 0. The number of nitrogens with two attached hydrogens (primary N) is 2. The Balaban J connectivity index is 1.70. The van der Waals surface area contributed by atoms with Crippen molar-refractivity contribution in [1.82, 2.24) is 10.2 Å².